The van der Waals surface area contributed by atoms with E-state index in [0.29, 0.717) is 6.10 Å². The standard InChI is InChI=1S/C14H22O3/c1-4-10-5-7-13(2,16-10)11-6-8-14(3,17-11)12-9-15-12/h4,10-12H,1,5-9H2,2-3H3/t10-,11-,12+,13+,14+/m1/s1. The Labute approximate surface area is 103 Å². The van der Waals surface area contributed by atoms with Gasteiger partial charge in [0.05, 0.1) is 30.0 Å². The maximum atomic E-state index is 6.27. The average Bonchev–Trinajstić information content (AvgIpc) is 2.99. The first kappa shape index (κ1) is 11.7. The lowest BCUT2D eigenvalue weighted by atomic mass is 9.92. The Morgan fingerprint density at radius 3 is 2.29 bits per heavy atom. The van der Waals surface area contributed by atoms with Crippen LogP contribution in [0.1, 0.15) is 39.5 Å². The Bertz CT molecular complexity index is 325. The van der Waals surface area contributed by atoms with Crippen molar-refractivity contribution in [2.45, 2.75) is 69.0 Å². The summed E-state index contributed by atoms with van der Waals surface area (Å²) in [5.41, 5.74) is -0.213. The number of hydrogen-bond acceptors (Lipinski definition) is 3. The molecule has 0 aromatic heterocycles. The smallest absolute Gasteiger partial charge is 0.110 e. The Morgan fingerprint density at radius 1 is 1.06 bits per heavy atom. The molecule has 3 nitrogen and oxygen atoms in total. The highest BCUT2D eigenvalue weighted by molar-refractivity contribution is 5.04. The minimum absolute atomic E-state index is 0.0801. The van der Waals surface area contributed by atoms with Gasteiger partial charge in [-0.25, -0.2) is 0 Å². The van der Waals surface area contributed by atoms with Gasteiger partial charge in [-0.15, -0.1) is 6.58 Å². The van der Waals surface area contributed by atoms with Crippen LogP contribution in [0.4, 0.5) is 0 Å². The third-order valence-corrected chi connectivity index (χ3v) is 4.62. The molecule has 3 rings (SSSR count). The quantitative estimate of drug-likeness (QED) is 0.559. The molecule has 0 N–H and O–H groups in total. The fourth-order valence-corrected chi connectivity index (χ4v) is 3.22. The van der Waals surface area contributed by atoms with Crippen LogP contribution in [0.2, 0.25) is 0 Å². The van der Waals surface area contributed by atoms with Crippen LogP contribution in [0, 0.1) is 0 Å². The molecule has 0 aromatic rings. The molecular weight excluding hydrogens is 216 g/mol. The second-order valence-electron chi connectivity index (χ2n) is 6.02. The van der Waals surface area contributed by atoms with Crippen LogP contribution in [0.5, 0.6) is 0 Å². The largest absolute Gasteiger partial charge is 0.370 e. The number of epoxide rings is 1. The summed E-state index contributed by atoms with van der Waals surface area (Å²) >= 11 is 0. The number of hydrogen-bond donors (Lipinski definition) is 0. The fourth-order valence-electron chi connectivity index (χ4n) is 3.22. The summed E-state index contributed by atoms with van der Waals surface area (Å²) in [6.45, 7) is 9.03. The van der Waals surface area contributed by atoms with E-state index in [4.69, 9.17) is 14.2 Å². The summed E-state index contributed by atoms with van der Waals surface area (Å²) in [5.74, 6) is 0. The van der Waals surface area contributed by atoms with Gasteiger partial charge in [-0.2, -0.15) is 0 Å². The lowest BCUT2D eigenvalue weighted by Crippen LogP contribution is -2.42. The maximum absolute atomic E-state index is 6.27. The topological polar surface area (TPSA) is 31.0 Å². The van der Waals surface area contributed by atoms with Gasteiger partial charge in [0.2, 0.25) is 0 Å². The molecule has 0 unspecified atom stereocenters. The number of rotatable bonds is 3. The second-order valence-corrected chi connectivity index (χ2v) is 6.02. The van der Waals surface area contributed by atoms with E-state index in [0.717, 1.165) is 32.3 Å². The van der Waals surface area contributed by atoms with E-state index >= 15 is 0 Å². The molecule has 0 spiro atoms. The van der Waals surface area contributed by atoms with Gasteiger partial charge in [0.25, 0.3) is 0 Å². The molecule has 0 aliphatic carbocycles. The first-order chi connectivity index (χ1) is 8.06. The van der Waals surface area contributed by atoms with Crippen LogP contribution >= 0.6 is 0 Å². The first-order valence-electron chi connectivity index (χ1n) is 6.65. The lowest BCUT2D eigenvalue weighted by molar-refractivity contribution is -0.144. The van der Waals surface area contributed by atoms with Crippen LogP contribution in [-0.4, -0.2) is 36.1 Å². The van der Waals surface area contributed by atoms with Crippen molar-refractivity contribution in [3.8, 4) is 0 Å². The Balaban J connectivity index is 1.68. The zero-order valence-corrected chi connectivity index (χ0v) is 10.8. The van der Waals surface area contributed by atoms with Gasteiger partial charge in [0.1, 0.15) is 6.10 Å². The molecule has 5 atom stereocenters. The highest BCUT2D eigenvalue weighted by Crippen LogP contribution is 2.46. The van der Waals surface area contributed by atoms with Gasteiger partial charge in [-0.1, -0.05) is 6.08 Å². The van der Waals surface area contributed by atoms with E-state index < -0.39 is 0 Å². The minimum atomic E-state index is -0.133. The summed E-state index contributed by atoms with van der Waals surface area (Å²) in [6.07, 6.45) is 6.93. The normalized spacial score (nSPS) is 53.9. The average molecular weight is 238 g/mol. The lowest BCUT2D eigenvalue weighted by Gasteiger charge is -2.33. The molecule has 3 fully saturated rings. The third-order valence-electron chi connectivity index (χ3n) is 4.62. The second kappa shape index (κ2) is 3.81. The molecule has 96 valence electrons. The van der Waals surface area contributed by atoms with Crippen molar-refractivity contribution in [1.82, 2.24) is 0 Å². The van der Waals surface area contributed by atoms with Crippen LogP contribution in [0.15, 0.2) is 12.7 Å². The molecule has 3 saturated heterocycles. The molecule has 3 aliphatic heterocycles. The molecule has 0 bridgehead atoms. The summed E-state index contributed by atoms with van der Waals surface area (Å²) in [4.78, 5) is 0. The van der Waals surface area contributed by atoms with Crippen molar-refractivity contribution in [2.75, 3.05) is 6.61 Å². The van der Waals surface area contributed by atoms with Crippen molar-refractivity contribution in [1.29, 1.82) is 0 Å². The summed E-state index contributed by atoms with van der Waals surface area (Å²) < 4.78 is 17.8. The molecule has 0 aromatic carbocycles. The summed E-state index contributed by atoms with van der Waals surface area (Å²) in [7, 11) is 0. The number of ether oxygens (including phenoxy) is 3. The van der Waals surface area contributed by atoms with E-state index in [9.17, 15) is 0 Å². The van der Waals surface area contributed by atoms with Gasteiger partial charge in [-0.05, 0) is 39.5 Å². The molecule has 0 saturated carbocycles. The highest BCUT2D eigenvalue weighted by atomic mass is 16.6. The molecule has 17 heavy (non-hydrogen) atoms. The third kappa shape index (κ3) is 1.94. The Morgan fingerprint density at radius 2 is 1.71 bits per heavy atom. The highest BCUT2D eigenvalue weighted by Gasteiger charge is 2.54. The SMILES string of the molecule is C=C[C@@H]1CC[C@@](C)([C@H]2CC[C@@](C)([C@@H]3CO3)O2)O1. The minimum Gasteiger partial charge on any atom is -0.370 e. The van der Waals surface area contributed by atoms with Crippen LogP contribution in [0.25, 0.3) is 0 Å². The molecule has 0 radical (unpaired) electrons. The first-order valence-corrected chi connectivity index (χ1v) is 6.65. The van der Waals surface area contributed by atoms with E-state index in [1.807, 2.05) is 6.08 Å². The Kier molecular flexibility index (Phi) is 2.62. The van der Waals surface area contributed by atoms with Crippen LogP contribution in [-0.2, 0) is 14.2 Å². The monoisotopic (exact) mass is 238 g/mol. The van der Waals surface area contributed by atoms with Crippen molar-refractivity contribution in [3.63, 3.8) is 0 Å². The fraction of sp³-hybridized carbons (Fsp3) is 0.857. The molecule has 3 heteroatoms. The molecule has 0 amide bonds. The van der Waals surface area contributed by atoms with Gasteiger partial charge in [-0.3, -0.25) is 0 Å². The van der Waals surface area contributed by atoms with E-state index in [-0.39, 0.29) is 23.4 Å². The van der Waals surface area contributed by atoms with Crippen LogP contribution in [0.3, 0.4) is 0 Å². The van der Waals surface area contributed by atoms with Crippen LogP contribution < -0.4 is 0 Å². The van der Waals surface area contributed by atoms with Crippen molar-refractivity contribution in [3.05, 3.63) is 12.7 Å². The Hall–Kier alpha value is -0.380. The van der Waals surface area contributed by atoms with Gasteiger partial charge in [0.15, 0.2) is 0 Å². The van der Waals surface area contributed by atoms with Gasteiger partial charge < -0.3 is 14.2 Å². The van der Waals surface area contributed by atoms with Crippen molar-refractivity contribution < 1.29 is 14.2 Å². The van der Waals surface area contributed by atoms with Crippen molar-refractivity contribution in [2.24, 2.45) is 0 Å². The predicted octanol–water partition coefficient (Wildman–Crippen LogP) is 2.45. The zero-order chi connectivity index (χ0) is 12.1. The van der Waals surface area contributed by atoms with Gasteiger partial charge >= 0.3 is 0 Å². The van der Waals surface area contributed by atoms with E-state index in [2.05, 4.69) is 20.4 Å². The van der Waals surface area contributed by atoms with Gasteiger partial charge in [0, 0.05) is 0 Å². The predicted molar refractivity (Wildman–Crippen MR) is 65.0 cm³/mol. The zero-order valence-electron chi connectivity index (χ0n) is 10.8. The molecule has 3 heterocycles. The van der Waals surface area contributed by atoms with E-state index in [1.54, 1.807) is 0 Å². The molecule has 3 aliphatic rings. The van der Waals surface area contributed by atoms with Crippen molar-refractivity contribution >= 4 is 0 Å². The summed E-state index contributed by atoms with van der Waals surface area (Å²) in [5, 5.41) is 0. The molecular formula is C14H22O3. The summed E-state index contributed by atoms with van der Waals surface area (Å²) in [6, 6.07) is 0. The maximum Gasteiger partial charge on any atom is 0.110 e. The van der Waals surface area contributed by atoms with E-state index in [1.165, 1.54) is 0 Å².